The summed E-state index contributed by atoms with van der Waals surface area (Å²) in [5.41, 5.74) is 40.6. The van der Waals surface area contributed by atoms with Crippen LogP contribution < -0.4 is 9.80 Å². The first-order chi connectivity index (χ1) is 68.4. The number of nitrogens with zero attached hydrogens (tertiary/aromatic N) is 4. The zero-order chi connectivity index (χ0) is 91.1. The van der Waals surface area contributed by atoms with Crippen molar-refractivity contribution in [1.29, 1.82) is 0 Å². The summed E-state index contributed by atoms with van der Waals surface area (Å²) in [6.07, 6.45) is 0. The highest BCUT2D eigenvalue weighted by Gasteiger charge is 2.27. The SMILES string of the molecule is c1ccc(-c2cccc(-c3cccc(N(c4ccc(-c5cccc6c5oc5ccccc56)cc4)c4ccc(-c5ccc(-c6cccc(-c7ccccc7N(c7ccc(-c8cccc9c8oc8ccccc89)cc7)c7ccccc7-c7cccc(-c8ccccc8-n8c9ccccc9c9ccccc98)c7)c6)cc5)cc4-c4cccc(-c5ccccc5-n5c6ccccc6c6ccccc65)c4)c3)c2)cc1. The smallest absolute Gasteiger partial charge is 0.143 e. The maximum absolute atomic E-state index is 6.71. The number of furan rings is 2. The van der Waals surface area contributed by atoms with E-state index in [1.54, 1.807) is 0 Å². The van der Waals surface area contributed by atoms with Gasteiger partial charge in [-0.3, -0.25) is 0 Å². The Labute approximate surface area is 799 Å². The van der Waals surface area contributed by atoms with Gasteiger partial charge in [0.25, 0.3) is 0 Å². The number of hydrogen-bond acceptors (Lipinski definition) is 4. The lowest BCUT2D eigenvalue weighted by Gasteiger charge is -2.30. The third kappa shape index (κ3) is 14.1. The van der Waals surface area contributed by atoms with Gasteiger partial charge in [0.1, 0.15) is 22.3 Å². The topological polar surface area (TPSA) is 42.6 Å². The largest absolute Gasteiger partial charge is 0.455 e. The first kappa shape index (κ1) is 80.5. The molecule has 4 heterocycles. The first-order valence-corrected chi connectivity index (χ1v) is 47.2. The molecular formula is C132H86N4O2. The van der Waals surface area contributed by atoms with Crippen LogP contribution in [-0.4, -0.2) is 9.13 Å². The van der Waals surface area contributed by atoms with E-state index >= 15 is 0 Å². The lowest BCUT2D eigenvalue weighted by atomic mass is 9.92. The van der Waals surface area contributed by atoms with Crippen LogP contribution in [0.15, 0.2) is 531 Å². The molecule has 0 radical (unpaired) electrons. The molecule has 0 aliphatic heterocycles. The molecule has 0 aliphatic rings. The highest BCUT2D eigenvalue weighted by molar-refractivity contribution is 6.14. The van der Waals surface area contributed by atoms with E-state index in [0.717, 1.165) is 217 Å². The van der Waals surface area contributed by atoms with Gasteiger partial charge in [-0.25, -0.2) is 0 Å². The fourth-order valence-electron chi connectivity index (χ4n) is 21.3. The summed E-state index contributed by atoms with van der Waals surface area (Å²) in [6.45, 7) is 0. The maximum Gasteiger partial charge on any atom is 0.143 e. The van der Waals surface area contributed by atoms with E-state index in [4.69, 9.17) is 8.83 Å². The standard InChI is InChI=1S/C132H86N4O2/c1-2-31-87(32-3-1)92-33-24-35-94(81-92)95-36-28-42-104(85-95)133(102-76-71-90(72-77-102)109-53-29-55-117-115-51-12-22-65-129(115)137-131(109)117)128-80-75-96(86-119(128)101-41-27-40-100(84-101)108-46-7-17-60-123(108)136-126-63-20-10-49-113(126)114-50-11-21-64-127(114)136)89-69-67-88(68-70-89)93-34-25-37-97(82-93)105-43-4-14-57-120(105)134(103-78-73-91(74-79-103)110-54-30-56-118-116-52-13-23-66-130(116)138-132(110)118)121-58-15-5-44-106(121)98-38-26-39-99(83-98)107-45-6-16-59-122(107)135-124-61-18-8-47-111(124)112-48-9-19-62-125(112)135/h1-86H. The molecule has 0 amide bonds. The minimum Gasteiger partial charge on any atom is -0.455 e. The number of para-hydroxylation sites is 12. The molecule has 22 aromatic carbocycles. The molecule has 0 spiro atoms. The molecule has 0 bridgehead atoms. The molecule has 0 atom stereocenters. The van der Waals surface area contributed by atoms with E-state index in [-0.39, 0.29) is 0 Å². The molecule has 0 unspecified atom stereocenters. The van der Waals surface area contributed by atoms with Crippen molar-refractivity contribution in [2.75, 3.05) is 9.80 Å². The van der Waals surface area contributed by atoms with Crippen LogP contribution in [0.4, 0.5) is 34.1 Å². The summed E-state index contributed by atoms with van der Waals surface area (Å²) in [5.74, 6) is 0. The predicted molar refractivity (Wildman–Crippen MR) is 579 cm³/mol. The highest BCUT2D eigenvalue weighted by atomic mass is 16.3. The Balaban J connectivity index is 0.599. The van der Waals surface area contributed by atoms with Crippen LogP contribution in [0.3, 0.4) is 0 Å². The molecule has 0 fully saturated rings. The molecule has 4 aromatic heterocycles. The Morgan fingerprint density at radius 3 is 0.899 bits per heavy atom. The molecule has 0 N–H and O–H groups in total. The Bertz CT molecular complexity index is 9120. The van der Waals surface area contributed by atoms with Gasteiger partial charge in [0, 0.05) is 99.1 Å². The van der Waals surface area contributed by atoms with Crippen molar-refractivity contribution in [3.63, 3.8) is 0 Å². The highest BCUT2D eigenvalue weighted by Crippen LogP contribution is 2.51. The predicted octanol–water partition coefficient (Wildman–Crippen LogP) is 37.0. The normalized spacial score (nSPS) is 11.6. The van der Waals surface area contributed by atoms with Gasteiger partial charge >= 0.3 is 0 Å². The number of rotatable bonds is 19. The monoisotopic (exact) mass is 1760 g/mol. The zero-order valence-electron chi connectivity index (χ0n) is 75.3. The number of benzene rings is 22. The molecule has 26 rings (SSSR count). The summed E-state index contributed by atoms with van der Waals surface area (Å²) in [7, 11) is 0. The lowest BCUT2D eigenvalue weighted by molar-refractivity contribution is 0.669. The van der Waals surface area contributed by atoms with Gasteiger partial charge in [-0.2, -0.15) is 0 Å². The minimum absolute atomic E-state index is 0.872. The second-order valence-electron chi connectivity index (χ2n) is 35.7. The third-order valence-electron chi connectivity index (χ3n) is 27.8. The van der Waals surface area contributed by atoms with E-state index in [1.165, 1.54) is 38.1 Å². The molecular weight excluding hydrogens is 1670 g/mol. The molecule has 6 heteroatoms. The lowest BCUT2D eigenvalue weighted by Crippen LogP contribution is -2.12. The van der Waals surface area contributed by atoms with Crippen molar-refractivity contribution in [3.8, 4) is 134 Å². The maximum atomic E-state index is 6.71. The summed E-state index contributed by atoms with van der Waals surface area (Å²) in [5, 5.41) is 9.29. The van der Waals surface area contributed by atoms with E-state index in [9.17, 15) is 0 Å². The quantitative estimate of drug-likeness (QED) is 0.0809. The van der Waals surface area contributed by atoms with Gasteiger partial charge in [0.15, 0.2) is 0 Å². The van der Waals surface area contributed by atoms with Crippen LogP contribution in [0, 0.1) is 0 Å². The second-order valence-corrected chi connectivity index (χ2v) is 35.7. The fourth-order valence-corrected chi connectivity index (χ4v) is 21.3. The van der Waals surface area contributed by atoms with Gasteiger partial charge < -0.3 is 27.8 Å². The van der Waals surface area contributed by atoms with E-state index in [1.807, 2.05) is 12.1 Å². The zero-order valence-corrected chi connectivity index (χ0v) is 75.3. The van der Waals surface area contributed by atoms with E-state index in [0.29, 0.717) is 0 Å². The Morgan fingerprint density at radius 2 is 0.428 bits per heavy atom. The van der Waals surface area contributed by atoms with E-state index in [2.05, 4.69) is 529 Å². The number of fused-ring (bicyclic) bond motifs is 12. The van der Waals surface area contributed by atoms with Crippen molar-refractivity contribution in [1.82, 2.24) is 9.13 Å². The fraction of sp³-hybridized carbons (Fsp3) is 0. The molecule has 0 saturated heterocycles. The van der Waals surface area contributed by atoms with Crippen molar-refractivity contribution in [2.45, 2.75) is 0 Å². The van der Waals surface area contributed by atoms with Gasteiger partial charge in [0.2, 0.25) is 0 Å². The molecule has 646 valence electrons. The van der Waals surface area contributed by atoms with Crippen LogP contribution in [-0.2, 0) is 0 Å². The van der Waals surface area contributed by atoms with Crippen molar-refractivity contribution < 1.29 is 8.83 Å². The van der Waals surface area contributed by atoms with Crippen molar-refractivity contribution >= 4 is 122 Å². The van der Waals surface area contributed by atoms with Crippen LogP contribution in [0.5, 0.6) is 0 Å². The summed E-state index contributed by atoms with van der Waals surface area (Å²) in [6, 6.07) is 191. The molecule has 0 aliphatic carbocycles. The second kappa shape index (κ2) is 34.0. The Kier molecular flexibility index (Phi) is 19.9. The Morgan fingerprint density at radius 1 is 0.145 bits per heavy atom. The minimum atomic E-state index is 0.872. The summed E-state index contributed by atoms with van der Waals surface area (Å²) >= 11 is 0. The number of hydrogen-bond donors (Lipinski definition) is 0. The third-order valence-corrected chi connectivity index (χ3v) is 27.8. The van der Waals surface area contributed by atoms with Gasteiger partial charge in [-0.15, -0.1) is 0 Å². The summed E-state index contributed by atoms with van der Waals surface area (Å²) < 4.78 is 18.3. The average molecular weight is 1760 g/mol. The van der Waals surface area contributed by atoms with E-state index < -0.39 is 0 Å². The van der Waals surface area contributed by atoms with Gasteiger partial charge in [-0.05, 0) is 217 Å². The number of aromatic nitrogens is 2. The molecule has 0 saturated carbocycles. The van der Waals surface area contributed by atoms with Crippen LogP contribution in [0.2, 0.25) is 0 Å². The molecule has 26 aromatic rings. The molecule has 138 heavy (non-hydrogen) atoms. The molecule has 6 nitrogen and oxygen atoms in total. The van der Waals surface area contributed by atoms with Crippen LogP contribution in [0.25, 0.3) is 221 Å². The van der Waals surface area contributed by atoms with Crippen molar-refractivity contribution in [3.05, 3.63) is 522 Å². The summed E-state index contributed by atoms with van der Waals surface area (Å²) in [4.78, 5) is 4.91. The Hall–Kier alpha value is -18.4. The van der Waals surface area contributed by atoms with Gasteiger partial charge in [0.05, 0.1) is 50.5 Å². The average Bonchev–Trinajstić information content (AvgIpc) is 1.44. The van der Waals surface area contributed by atoms with Crippen molar-refractivity contribution in [2.24, 2.45) is 0 Å². The van der Waals surface area contributed by atoms with Crippen LogP contribution >= 0.6 is 0 Å². The van der Waals surface area contributed by atoms with Crippen LogP contribution in [0.1, 0.15) is 0 Å². The first-order valence-electron chi connectivity index (χ1n) is 47.2. The van der Waals surface area contributed by atoms with Gasteiger partial charge in [-0.1, -0.05) is 388 Å². The number of anilines is 6.